The van der Waals surface area contributed by atoms with Crippen LogP contribution in [-0.4, -0.2) is 35.0 Å². The number of carboxylic acid groups (broad SMARTS) is 1. The molecule has 3 amide bonds. The number of carbonyl (C=O) groups is 3. The average molecular weight is 296 g/mol. The minimum Gasteiger partial charge on any atom is -0.478 e. The summed E-state index contributed by atoms with van der Waals surface area (Å²) in [6.45, 7) is 3.07. The van der Waals surface area contributed by atoms with Crippen molar-refractivity contribution in [2.45, 2.75) is 20.4 Å². The van der Waals surface area contributed by atoms with Crippen LogP contribution in [0, 0.1) is 0 Å². The molecule has 20 heavy (non-hydrogen) atoms. The number of aliphatic carboxylic acids is 1. The number of nitrogens with one attached hydrogen (secondary N) is 1. The van der Waals surface area contributed by atoms with E-state index in [1.54, 1.807) is 7.05 Å². The van der Waals surface area contributed by atoms with Gasteiger partial charge in [0.05, 0.1) is 6.54 Å². The highest BCUT2D eigenvalue weighted by atomic mass is 32.1. The van der Waals surface area contributed by atoms with Crippen molar-refractivity contribution in [2.24, 2.45) is 0 Å². The highest BCUT2D eigenvalue weighted by Gasteiger charge is 2.17. The Morgan fingerprint density at radius 3 is 2.45 bits per heavy atom. The second-order valence-corrected chi connectivity index (χ2v) is 5.28. The Morgan fingerprint density at radius 2 is 1.95 bits per heavy atom. The maximum Gasteiger partial charge on any atom is 0.331 e. The third-order valence-electron chi connectivity index (χ3n) is 2.76. The van der Waals surface area contributed by atoms with Gasteiger partial charge in [-0.25, -0.2) is 9.59 Å². The summed E-state index contributed by atoms with van der Waals surface area (Å²) in [7, 11) is 1.56. The van der Waals surface area contributed by atoms with Crippen molar-refractivity contribution in [1.82, 2.24) is 10.2 Å². The smallest absolute Gasteiger partial charge is 0.331 e. The first-order chi connectivity index (χ1) is 9.32. The van der Waals surface area contributed by atoms with E-state index < -0.39 is 17.9 Å². The van der Waals surface area contributed by atoms with Gasteiger partial charge >= 0.3 is 12.0 Å². The number of hydrogen-bond acceptors (Lipinski definition) is 4. The number of carboxylic acids is 1. The van der Waals surface area contributed by atoms with Crippen molar-refractivity contribution in [3.05, 3.63) is 33.5 Å². The summed E-state index contributed by atoms with van der Waals surface area (Å²) < 4.78 is 0. The minimum atomic E-state index is -1.18. The molecule has 0 spiro atoms. The van der Waals surface area contributed by atoms with Crippen LogP contribution in [-0.2, 0) is 16.1 Å². The zero-order chi connectivity index (χ0) is 15.3. The van der Waals surface area contributed by atoms with Crippen LogP contribution in [0.4, 0.5) is 4.79 Å². The van der Waals surface area contributed by atoms with E-state index in [4.69, 9.17) is 5.11 Å². The molecule has 0 aliphatic carbocycles. The molecule has 1 heterocycles. The van der Waals surface area contributed by atoms with Crippen LogP contribution in [0.1, 0.15) is 18.7 Å². The van der Waals surface area contributed by atoms with Crippen molar-refractivity contribution >= 4 is 29.2 Å². The molecule has 0 bridgehead atoms. The van der Waals surface area contributed by atoms with Gasteiger partial charge in [-0.2, -0.15) is 0 Å². The molecule has 0 aliphatic heterocycles. The lowest BCUT2D eigenvalue weighted by atomic mass is 10.1. The lowest BCUT2D eigenvalue weighted by molar-refractivity contribution is -0.133. The number of urea groups is 1. The van der Waals surface area contributed by atoms with E-state index in [1.807, 2.05) is 17.5 Å². The van der Waals surface area contributed by atoms with Crippen LogP contribution in [0.25, 0.3) is 0 Å². The van der Waals surface area contributed by atoms with Gasteiger partial charge in [0.25, 0.3) is 5.91 Å². The van der Waals surface area contributed by atoms with E-state index in [-0.39, 0.29) is 11.1 Å². The molecule has 1 aromatic heterocycles. The number of rotatable bonds is 4. The van der Waals surface area contributed by atoms with E-state index in [1.165, 1.54) is 30.1 Å². The Bertz CT molecular complexity index is 549. The fraction of sp³-hybridized carbons (Fsp3) is 0.308. The second-order valence-electron chi connectivity index (χ2n) is 4.25. The van der Waals surface area contributed by atoms with Gasteiger partial charge in [-0.3, -0.25) is 10.1 Å². The SMILES string of the molecule is CC(C(=O)O)=C(C)C(=O)NC(=O)N(C)Cc1cccs1. The van der Waals surface area contributed by atoms with Crippen LogP contribution in [0.15, 0.2) is 28.7 Å². The highest BCUT2D eigenvalue weighted by molar-refractivity contribution is 7.09. The van der Waals surface area contributed by atoms with Gasteiger partial charge in [0.15, 0.2) is 0 Å². The standard InChI is InChI=1S/C13H16N2O4S/c1-8(9(2)12(17)18)11(16)14-13(19)15(3)7-10-5-4-6-20-10/h4-6H,7H2,1-3H3,(H,17,18)(H,14,16,19). The minimum absolute atomic E-state index is 0.00961. The molecule has 0 saturated heterocycles. The summed E-state index contributed by atoms with van der Waals surface area (Å²) >= 11 is 1.51. The molecule has 1 rings (SSSR count). The Labute approximate surface area is 120 Å². The summed E-state index contributed by atoms with van der Waals surface area (Å²) in [6.07, 6.45) is 0. The second kappa shape index (κ2) is 6.85. The van der Waals surface area contributed by atoms with E-state index in [2.05, 4.69) is 5.32 Å². The first-order valence-electron chi connectivity index (χ1n) is 5.82. The quantitative estimate of drug-likeness (QED) is 0.830. The third kappa shape index (κ3) is 4.20. The zero-order valence-corrected chi connectivity index (χ0v) is 12.3. The molecule has 0 aromatic carbocycles. The molecular weight excluding hydrogens is 280 g/mol. The lowest BCUT2D eigenvalue weighted by Crippen LogP contribution is -2.40. The van der Waals surface area contributed by atoms with Crippen molar-refractivity contribution < 1.29 is 19.5 Å². The van der Waals surface area contributed by atoms with Crippen LogP contribution >= 0.6 is 11.3 Å². The molecule has 0 unspecified atom stereocenters. The topological polar surface area (TPSA) is 86.7 Å². The van der Waals surface area contributed by atoms with Gasteiger partial charge in [-0.05, 0) is 25.3 Å². The predicted molar refractivity (Wildman–Crippen MR) is 75.3 cm³/mol. The average Bonchev–Trinajstić information content (AvgIpc) is 2.89. The van der Waals surface area contributed by atoms with E-state index in [9.17, 15) is 14.4 Å². The van der Waals surface area contributed by atoms with E-state index in [0.29, 0.717) is 6.54 Å². The maximum absolute atomic E-state index is 11.8. The molecule has 0 fully saturated rings. The van der Waals surface area contributed by atoms with Gasteiger partial charge < -0.3 is 10.0 Å². The maximum atomic E-state index is 11.8. The van der Waals surface area contributed by atoms with Crippen LogP contribution in [0.3, 0.4) is 0 Å². The fourth-order valence-electron chi connectivity index (χ4n) is 1.33. The van der Waals surface area contributed by atoms with E-state index >= 15 is 0 Å². The molecule has 0 saturated carbocycles. The molecule has 6 nitrogen and oxygen atoms in total. The van der Waals surface area contributed by atoms with Gasteiger partial charge in [-0.1, -0.05) is 6.07 Å². The molecule has 1 aromatic rings. The molecule has 0 radical (unpaired) electrons. The predicted octanol–water partition coefficient (Wildman–Crippen LogP) is 1.84. The number of carbonyl (C=O) groups excluding carboxylic acids is 2. The molecule has 0 atom stereocenters. The summed E-state index contributed by atoms with van der Waals surface area (Å²) in [5.74, 6) is -1.88. The number of amides is 3. The Hall–Kier alpha value is -2.15. The van der Waals surface area contributed by atoms with Gasteiger partial charge in [-0.15, -0.1) is 11.3 Å². The van der Waals surface area contributed by atoms with Gasteiger partial charge in [0.2, 0.25) is 0 Å². The van der Waals surface area contributed by atoms with Gasteiger partial charge in [0, 0.05) is 23.1 Å². The number of thiophene rings is 1. The van der Waals surface area contributed by atoms with Gasteiger partial charge in [0.1, 0.15) is 0 Å². The Kier molecular flexibility index (Phi) is 5.45. The highest BCUT2D eigenvalue weighted by Crippen LogP contribution is 2.11. The zero-order valence-electron chi connectivity index (χ0n) is 11.5. The lowest BCUT2D eigenvalue weighted by Gasteiger charge is -2.16. The Balaban J connectivity index is 2.64. The molecule has 2 N–H and O–H groups in total. The van der Waals surface area contributed by atoms with Crippen LogP contribution in [0.5, 0.6) is 0 Å². The summed E-state index contributed by atoms with van der Waals surface area (Å²) in [5, 5.41) is 12.8. The number of nitrogens with zero attached hydrogens (tertiary/aromatic N) is 1. The van der Waals surface area contributed by atoms with Crippen LogP contribution in [0.2, 0.25) is 0 Å². The number of hydrogen-bond donors (Lipinski definition) is 2. The normalized spacial score (nSPS) is 11.6. The van der Waals surface area contributed by atoms with Crippen molar-refractivity contribution in [3.63, 3.8) is 0 Å². The number of imide groups is 1. The first-order valence-corrected chi connectivity index (χ1v) is 6.70. The monoisotopic (exact) mass is 296 g/mol. The molecule has 0 aliphatic rings. The summed E-state index contributed by atoms with van der Waals surface area (Å²) in [6, 6.07) is 3.19. The van der Waals surface area contributed by atoms with Crippen molar-refractivity contribution in [1.29, 1.82) is 0 Å². The molecule has 7 heteroatoms. The summed E-state index contributed by atoms with van der Waals surface area (Å²) in [5.41, 5.74) is -0.0772. The first kappa shape index (κ1) is 15.9. The van der Waals surface area contributed by atoms with E-state index in [0.717, 1.165) is 4.88 Å². The Morgan fingerprint density at radius 1 is 1.30 bits per heavy atom. The molecular formula is C13H16N2O4S. The van der Waals surface area contributed by atoms with Crippen molar-refractivity contribution in [3.8, 4) is 0 Å². The van der Waals surface area contributed by atoms with Crippen LogP contribution < -0.4 is 5.32 Å². The largest absolute Gasteiger partial charge is 0.478 e. The third-order valence-corrected chi connectivity index (χ3v) is 3.63. The summed E-state index contributed by atoms with van der Waals surface area (Å²) in [4.78, 5) is 36.6. The fourth-order valence-corrected chi connectivity index (χ4v) is 2.08. The molecule has 108 valence electrons. The van der Waals surface area contributed by atoms with Crippen molar-refractivity contribution in [2.75, 3.05) is 7.05 Å².